The highest BCUT2D eigenvalue weighted by Gasteiger charge is 2.21. The molecule has 4 aromatic rings. The Kier molecular flexibility index (Phi) is 10.8. The molecule has 0 saturated carbocycles. The van der Waals surface area contributed by atoms with Crippen LogP contribution in [-0.4, -0.2) is 13.1 Å². The molecule has 6 rings (SSSR count). The van der Waals surface area contributed by atoms with Crippen LogP contribution in [0.2, 0.25) is 0 Å². The van der Waals surface area contributed by atoms with Crippen LogP contribution in [0, 0.1) is 0 Å². The maximum atomic E-state index is 3.70. The number of fused-ring (bicyclic) bond motifs is 6. The smallest absolute Gasteiger partial charge is 0.00107 e. The normalized spacial score (nSPS) is 12.7. The molecule has 0 heterocycles. The highest BCUT2D eigenvalue weighted by atomic mass is 14.8. The van der Waals surface area contributed by atoms with Gasteiger partial charge in [-0.1, -0.05) is 136 Å². The summed E-state index contributed by atoms with van der Waals surface area (Å²) in [5.41, 5.74) is 15.2. The van der Waals surface area contributed by atoms with Crippen LogP contribution >= 0.6 is 0 Å². The summed E-state index contributed by atoms with van der Waals surface area (Å²) in [5, 5.41) is 3.70. The van der Waals surface area contributed by atoms with Gasteiger partial charge in [-0.3, -0.25) is 0 Å². The first-order valence-electron chi connectivity index (χ1n) is 17.5. The maximum absolute atomic E-state index is 3.70. The second kappa shape index (κ2) is 15.5. The van der Waals surface area contributed by atoms with Gasteiger partial charge in [0.15, 0.2) is 0 Å². The van der Waals surface area contributed by atoms with Crippen molar-refractivity contribution in [2.45, 2.75) is 103 Å². The van der Waals surface area contributed by atoms with Crippen LogP contribution in [0.25, 0.3) is 22.3 Å². The first-order valence-corrected chi connectivity index (χ1v) is 17.5. The van der Waals surface area contributed by atoms with Gasteiger partial charge in [0.05, 0.1) is 0 Å². The minimum atomic E-state index is 1.13. The lowest BCUT2D eigenvalue weighted by atomic mass is 9.96. The molecule has 0 bridgehead atoms. The van der Waals surface area contributed by atoms with Crippen LogP contribution in [0.4, 0.5) is 0 Å². The van der Waals surface area contributed by atoms with Crippen molar-refractivity contribution in [2.75, 3.05) is 13.1 Å². The summed E-state index contributed by atoms with van der Waals surface area (Å²) in [6.07, 6.45) is 21.1. The third-order valence-electron chi connectivity index (χ3n) is 9.99. The Morgan fingerprint density at radius 3 is 1.26 bits per heavy atom. The highest BCUT2D eigenvalue weighted by molar-refractivity contribution is 5.78. The van der Waals surface area contributed by atoms with Gasteiger partial charge >= 0.3 is 0 Å². The van der Waals surface area contributed by atoms with Gasteiger partial charge in [-0.15, -0.1) is 0 Å². The Bertz CT molecular complexity index is 1350. The second-order valence-corrected chi connectivity index (χ2v) is 13.0. The van der Waals surface area contributed by atoms with E-state index in [1.165, 1.54) is 136 Å². The summed E-state index contributed by atoms with van der Waals surface area (Å²) >= 11 is 0. The monoisotopic (exact) mass is 569 g/mol. The van der Waals surface area contributed by atoms with Crippen LogP contribution < -0.4 is 5.32 Å². The minimum absolute atomic E-state index is 1.13. The van der Waals surface area contributed by atoms with E-state index >= 15 is 0 Å². The van der Waals surface area contributed by atoms with Gasteiger partial charge in [-0.05, 0) is 120 Å². The molecule has 2 aliphatic carbocycles. The summed E-state index contributed by atoms with van der Waals surface area (Å²) in [4.78, 5) is 0. The number of unbranched alkanes of at least 4 members (excludes halogenated alkanes) is 10. The molecule has 1 heteroatoms. The summed E-state index contributed by atoms with van der Waals surface area (Å²) < 4.78 is 0. The van der Waals surface area contributed by atoms with Crippen molar-refractivity contribution in [1.82, 2.24) is 5.32 Å². The fraction of sp³-hybridized carbons (Fsp3) is 0.429. The quantitative estimate of drug-likeness (QED) is 0.102. The lowest BCUT2D eigenvalue weighted by Crippen LogP contribution is -2.16. The Morgan fingerprint density at radius 2 is 0.767 bits per heavy atom. The number of benzene rings is 4. The topological polar surface area (TPSA) is 12.0 Å². The van der Waals surface area contributed by atoms with Crippen molar-refractivity contribution >= 4 is 0 Å². The largest absolute Gasteiger partial charge is 0.317 e. The summed E-state index contributed by atoms with van der Waals surface area (Å²) in [5.74, 6) is 0. The van der Waals surface area contributed by atoms with Gasteiger partial charge in [-0.2, -0.15) is 0 Å². The molecule has 0 radical (unpaired) electrons. The van der Waals surface area contributed by atoms with Gasteiger partial charge < -0.3 is 5.32 Å². The summed E-state index contributed by atoms with van der Waals surface area (Å²) in [6, 6.07) is 31.8. The zero-order valence-corrected chi connectivity index (χ0v) is 26.3. The Balaban J connectivity index is 0.735. The fourth-order valence-corrected chi connectivity index (χ4v) is 7.59. The molecule has 2 aliphatic rings. The van der Waals surface area contributed by atoms with Gasteiger partial charge in [0.1, 0.15) is 0 Å². The maximum Gasteiger partial charge on any atom is -0.00107 e. The van der Waals surface area contributed by atoms with Gasteiger partial charge in [0.2, 0.25) is 0 Å². The van der Waals surface area contributed by atoms with Crippen molar-refractivity contribution < 1.29 is 0 Å². The average molecular weight is 570 g/mol. The lowest BCUT2D eigenvalue weighted by Gasteiger charge is -2.09. The van der Waals surface area contributed by atoms with Gasteiger partial charge in [0.25, 0.3) is 0 Å². The zero-order valence-electron chi connectivity index (χ0n) is 26.3. The van der Waals surface area contributed by atoms with E-state index < -0.39 is 0 Å². The number of hydrogen-bond donors (Lipinski definition) is 1. The third kappa shape index (κ3) is 7.68. The SMILES string of the molecule is c1ccc2c(c1)Cc1c(CCCCCCCCNCCCCCCCCc3cccc4c3Cc3ccccc3-4)cccc1-2. The van der Waals surface area contributed by atoms with Crippen LogP contribution in [0.1, 0.15) is 110 Å². The van der Waals surface area contributed by atoms with E-state index in [0.29, 0.717) is 0 Å². The van der Waals surface area contributed by atoms with Crippen LogP contribution in [0.3, 0.4) is 0 Å². The number of nitrogens with one attached hydrogen (secondary N) is 1. The molecule has 43 heavy (non-hydrogen) atoms. The molecule has 0 aliphatic heterocycles. The first-order chi connectivity index (χ1) is 21.4. The van der Waals surface area contributed by atoms with Crippen molar-refractivity contribution in [1.29, 1.82) is 0 Å². The summed E-state index contributed by atoms with van der Waals surface area (Å²) in [6.45, 7) is 2.39. The molecular weight excluding hydrogens is 518 g/mol. The lowest BCUT2D eigenvalue weighted by molar-refractivity contribution is 0.538. The molecule has 0 saturated heterocycles. The predicted octanol–water partition coefficient (Wildman–Crippen LogP) is 10.9. The minimum Gasteiger partial charge on any atom is -0.317 e. The average Bonchev–Trinajstić information content (AvgIpc) is 3.62. The fourth-order valence-electron chi connectivity index (χ4n) is 7.59. The van der Waals surface area contributed by atoms with Crippen LogP contribution in [-0.2, 0) is 25.7 Å². The highest BCUT2D eigenvalue weighted by Crippen LogP contribution is 2.39. The Labute approximate surface area is 261 Å². The number of aryl methyl sites for hydroxylation is 2. The van der Waals surface area contributed by atoms with Crippen molar-refractivity contribution in [2.24, 2.45) is 0 Å². The van der Waals surface area contributed by atoms with Crippen LogP contribution in [0.5, 0.6) is 0 Å². The van der Waals surface area contributed by atoms with Crippen molar-refractivity contribution in [3.05, 3.63) is 118 Å². The number of rotatable bonds is 18. The Hall–Kier alpha value is -3.16. The molecule has 1 N–H and O–H groups in total. The van der Waals surface area contributed by atoms with E-state index in [2.05, 4.69) is 90.2 Å². The van der Waals surface area contributed by atoms with Gasteiger partial charge in [-0.25, -0.2) is 0 Å². The molecule has 224 valence electrons. The molecule has 0 unspecified atom stereocenters. The van der Waals surface area contributed by atoms with E-state index in [1.807, 2.05) is 0 Å². The van der Waals surface area contributed by atoms with E-state index in [9.17, 15) is 0 Å². The molecule has 0 aromatic heterocycles. The predicted molar refractivity (Wildman–Crippen MR) is 185 cm³/mol. The van der Waals surface area contributed by atoms with Gasteiger partial charge in [0, 0.05) is 0 Å². The summed E-state index contributed by atoms with van der Waals surface area (Å²) in [7, 11) is 0. The molecular formula is C42H51N. The van der Waals surface area contributed by atoms with Crippen LogP contribution in [0.15, 0.2) is 84.9 Å². The second-order valence-electron chi connectivity index (χ2n) is 13.0. The molecule has 0 atom stereocenters. The standard InChI is InChI=1S/C42H51N/c1(5-9-19-33-23-17-27-39-37-25-13-11-21-35(37)31-41(33)39)3-7-15-29-43-30-16-8-4-2-6-10-20-34-24-18-28-40-38-26-14-12-22-36(38)32-42(34)40/h11-14,17-18,21-28,43H,1-10,15-16,19-20,29-32H2. The van der Waals surface area contributed by atoms with Crippen molar-refractivity contribution in [3.8, 4) is 22.3 Å². The molecule has 0 amide bonds. The molecule has 0 fully saturated rings. The van der Waals surface area contributed by atoms with Crippen molar-refractivity contribution in [3.63, 3.8) is 0 Å². The zero-order chi connectivity index (χ0) is 29.1. The van der Waals surface area contributed by atoms with E-state index in [-0.39, 0.29) is 0 Å². The molecule has 4 aromatic carbocycles. The first kappa shape index (κ1) is 29.9. The van der Waals surface area contributed by atoms with E-state index in [4.69, 9.17) is 0 Å². The van der Waals surface area contributed by atoms with E-state index in [1.54, 1.807) is 22.3 Å². The third-order valence-corrected chi connectivity index (χ3v) is 9.99. The number of hydrogen-bond acceptors (Lipinski definition) is 1. The molecule has 0 spiro atoms. The Morgan fingerprint density at radius 1 is 0.372 bits per heavy atom. The van der Waals surface area contributed by atoms with E-state index in [0.717, 1.165) is 12.8 Å². The molecule has 1 nitrogen and oxygen atoms in total.